The third-order valence-corrected chi connectivity index (χ3v) is 4.15. The van der Waals surface area contributed by atoms with Gasteiger partial charge in [0.05, 0.1) is 12.2 Å². The molecule has 1 aromatic carbocycles. The van der Waals surface area contributed by atoms with Crippen molar-refractivity contribution in [2.75, 3.05) is 18.5 Å². The fourth-order valence-corrected chi connectivity index (χ4v) is 2.81. The Morgan fingerprint density at radius 2 is 1.85 bits per heavy atom. The van der Waals surface area contributed by atoms with E-state index in [-0.39, 0.29) is 53.7 Å². The third kappa shape index (κ3) is 5.04. The Morgan fingerprint density at radius 1 is 1.19 bits per heavy atom. The van der Waals surface area contributed by atoms with Crippen LogP contribution in [0.1, 0.15) is 58.9 Å². The molecule has 0 fully saturated rings. The number of hydrogen-bond acceptors (Lipinski definition) is 5. The van der Waals surface area contributed by atoms with Crippen molar-refractivity contribution in [2.24, 2.45) is 0 Å². The third-order valence-electron chi connectivity index (χ3n) is 4.15. The van der Waals surface area contributed by atoms with Gasteiger partial charge in [0.25, 0.3) is 5.91 Å². The first-order valence-corrected chi connectivity index (χ1v) is 8.84. The number of esters is 1. The minimum Gasteiger partial charge on any atom is -0.462 e. The first-order valence-electron chi connectivity index (χ1n) is 8.84. The van der Waals surface area contributed by atoms with E-state index in [0.29, 0.717) is 0 Å². The Balaban J connectivity index is 2.12. The molecule has 1 heterocycles. The zero-order valence-electron chi connectivity index (χ0n) is 16.0. The Hall–Kier alpha value is -2.93. The number of ketones is 1. The van der Waals surface area contributed by atoms with E-state index in [9.17, 15) is 14.4 Å². The quantitative estimate of drug-likeness (QED) is 0.546. The number of benzene rings is 1. The molecule has 0 aliphatic rings. The maximum Gasteiger partial charge on any atom is 0.344 e. The smallest absolute Gasteiger partial charge is 0.344 e. The number of carbonyl (C=O) groups excluding carboxylic acids is 3. The lowest BCUT2D eigenvalue weighted by molar-refractivity contribution is -0.682. The fraction of sp³-hybridized carbons (Fsp3) is 0.350. The number of rotatable bonds is 8. The largest absolute Gasteiger partial charge is 0.462 e. The summed E-state index contributed by atoms with van der Waals surface area (Å²) < 4.78 is 10.5. The highest BCUT2D eigenvalue weighted by atomic mass is 16.5. The van der Waals surface area contributed by atoms with Crippen LogP contribution in [0, 0.1) is 6.92 Å². The molecule has 1 atom stereocenters. The second-order valence-electron chi connectivity index (χ2n) is 6.20. The molecule has 0 bridgehead atoms. The number of nitrogens with two attached hydrogens (primary N) is 1. The molecule has 144 valence electrons. The number of anilines is 1. The van der Waals surface area contributed by atoms with Gasteiger partial charge in [0, 0.05) is 5.56 Å². The Bertz CT molecular complexity index is 826. The van der Waals surface area contributed by atoms with Crippen LogP contribution in [-0.4, -0.2) is 30.8 Å². The van der Waals surface area contributed by atoms with Gasteiger partial charge in [0.1, 0.15) is 17.4 Å². The normalized spacial score (nSPS) is 11.7. The van der Waals surface area contributed by atoms with Gasteiger partial charge < -0.3 is 14.5 Å². The summed E-state index contributed by atoms with van der Waals surface area (Å²) >= 11 is 0. The molecule has 27 heavy (non-hydrogen) atoms. The number of quaternary nitrogens is 1. The lowest BCUT2D eigenvalue weighted by Gasteiger charge is -2.11. The molecule has 0 aliphatic heterocycles. The van der Waals surface area contributed by atoms with E-state index in [0.717, 1.165) is 5.56 Å². The van der Waals surface area contributed by atoms with E-state index in [1.54, 1.807) is 13.8 Å². The molecule has 0 saturated carbocycles. The molecule has 0 aliphatic carbocycles. The molecule has 7 heteroatoms. The van der Waals surface area contributed by atoms with Crippen molar-refractivity contribution in [1.82, 2.24) is 0 Å². The number of nitrogens with one attached hydrogen (secondary N) is 1. The topological polar surface area (TPSA) is 102 Å². The van der Waals surface area contributed by atoms with E-state index < -0.39 is 5.97 Å². The molecule has 7 nitrogen and oxygen atoms in total. The van der Waals surface area contributed by atoms with E-state index in [4.69, 9.17) is 9.15 Å². The van der Waals surface area contributed by atoms with Crippen molar-refractivity contribution >= 4 is 23.5 Å². The van der Waals surface area contributed by atoms with E-state index in [1.165, 1.54) is 6.92 Å². The van der Waals surface area contributed by atoms with Gasteiger partial charge in [-0.2, -0.15) is 0 Å². The standard InChI is InChI=1S/C20H24N2O5/c1-5-26-20(25)18-17(13(3)23)14(4)27-19(18)22-16(24)11-21-12(2)15-9-7-6-8-10-15/h6-10,12,21H,5,11H2,1-4H3,(H,22,24)/p+1/t12-/m1/s1. The zero-order chi connectivity index (χ0) is 20.0. The van der Waals surface area contributed by atoms with Gasteiger partial charge in [-0.05, 0) is 27.7 Å². The average molecular weight is 373 g/mol. The summed E-state index contributed by atoms with van der Waals surface area (Å²) in [5.41, 5.74) is 1.20. The highest BCUT2D eigenvalue weighted by molar-refractivity contribution is 6.10. The maximum atomic E-state index is 12.3. The molecule has 2 aromatic rings. The molecule has 3 N–H and O–H groups in total. The number of aryl methyl sites for hydroxylation is 1. The van der Waals surface area contributed by atoms with E-state index in [2.05, 4.69) is 5.32 Å². The summed E-state index contributed by atoms with van der Waals surface area (Å²) in [5, 5.41) is 4.45. The van der Waals surface area contributed by atoms with Crippen molar-refractivity contribution in [3.05, 3.63) is 52.8 Å². The molecule has 0 saturated heterocycles. The van der Waals surface area contributed by atoms with Gasteiger partial charge in [0.2, 0.25) is 5.88 Å². The highest BCUT2D eigenvalue weighted by Crippen LogP contribution is 2.28. The van der Waals surface area contributed by atoms with Crippen molar-refractivity contribution in [3.8, 4) is 0 Å². The number of carbonyl (C=O) groups is 3. The summed E-state index contributed by atoms with van der Waals surface area (Å²) in [6.45, 7) is 6.85. The number of Topliss-reactive ketones (excluding diaryl/α,β-unsaturated/α-hetero) is 1. The Kier molecular flexibility index (Phi) is 6.90. The maximum absolute atomic E-state index is 12.3. The molecule has 2 rings (SSSR count). The summed E-state index contributed by atoms with van der Waals surface area (Å²) in [7, 11) is 0. The van der Waals surface area contributed by atoms with Crippen molar-refractivity contribution in [2.45, 2.75) is 33.7 Å². The van der Waals surface area contributed by atoms with Gasteiger partial charge in [-0.15, -0.1) is 0 Å². The second-order valence-corrected chi connectivity index (χ2v) is 6.20. The average Bonchev–Trinajstić information content (AvgIpc) is 2.96. The molecule has 1 aromatic heterocycles. The van der Waals surface area contributed by atoms with Crippen LogP contribution in [0.4, 0.5) is 5.88 Å². The number of hydrogen-bond donors (Lipinski definition) is 2. The van der Waals surface area contributed by atoms with Crippen LogP contribution in [-0.2, 0) is 9.53 Å². The zero-order valence-corrected chi connectivity index (χ0v) is 16.0. The summed E-state index contributed by atoms with van der Waals surface area (Å²) in [6.07, 6.45) is 0. The molecule has 0 unspecified atom stereocenters. The van der Waals surface area contributed by atoms with Gasteiger partial charge in [0.15, 0.2) is 12.3 Å². The lowest BCUT2D eigenvalue weighted by Crippen LogP contribution is -2.86. The lowest BCUT2D eigenvalue weighted by atomic mass is 10.1. The fourth-order valence-electron chi connectivity index (χ4n) is 2.81. The predicted molar refractivity (Wildman–Crippen MR) is 99.7 cm³/mol. The van der Waals surface area contributed by atoms with Crippen LogP contribution < -0.4 is 10.6 Å². The van der Waals surface area contributed by atoms with Gasteiger partial charge in [-0.1, -0.05) is 30.3 Å². The minimum absolute atomic E-state index is 0.0358. The predicted octanol–water partition coefficient (Wildman–Crippen LogP) is 2.23. The van der Waals surface area contributed by atoms with Crippen LogP contribution in [0.25, 0.3) is 0 Å². The first kappa shape index (κ1) is 20.4. The molecule has 1 amide bonds. The Labute approximate surface area is 158 Å². The summed E-state index contributed by atoms with van der Waals surface area (Å²) in [4.78, 5) is 36.5. The molecular weight excluding hydrogens is 348 g/mol. The monoisotopic (exact) mass is 373 g/mol. The SMILES string of the molecule is CCOC(=O)c1c(NC(=O)C[NH2+][C@H](C)c2ccccc2)oc(C)c1C(C)=O. The Morgan fingerprint density at radius 3 is 2.44 bits per heavy atom. The van der Waals surface area contributed by atoms with Crippen LogP contribution in [0.3, 0.4) is 0 Å². The van der Waals surface area contributed by atoms with Crippen LogP contribution >= 0.6 is 0 Å². The first-order chi connectivity index (χ1) is 12.8. The molecule has 0 radical (unpaired) electrons. The van der Waals surface area contributed by atoms with Gasteiger partial charge in [-0.25, -0.2) is 4.79 Å². The van der Waals surface area contributed by atoms with Gasteiger partial charge >= 0.3 is 5.97 Å². The minimum atomic E-state index is -0.698. The van der Waals surface area contributed by atoms with Crippen LogP contribution in [0.5, 0.6) is 0 Å². The second kappa shape index (κ2) is 9.14. The number of ether oxygens (including phenoxy) is 1. The number of amides is 1. The molecular formula is C20H25N2O5+. The van der Waals surface area contributed by atoms with Crippen molar-refractivity contribution < 1.29 is 28.9 Å². The van der Waals surface area contributed by atoms with Crippen LogP contribution in [0.2, 0.25) is 0 Å². The van der Waals surface area contributed by atoms with Gasteiger partial charge in [-0.3, -0.25) is 14.9 Å². The summed E-state index contributed by atoms with van der Waals surface area (Å²) in [5.74, 6) is -1.16. The van der Waals surface area contributed by atoms with Crippen LogP contribution in [0.15, 0.2) is 34.7 Å². The number of furan rings is 1. The van der Waals surface area contributed by atoms with Crippen molar-refractivity contribution in [1.29, 1.82) is 0 Å². The molecule has 0 spiro atoms. The van der Waals surface area contributed by atoms with E-state index in [1.807, 2.05) is 42.6 Å². The van der Waals surface area contributed by atoms with Crippen molar-refractivity contribution in [3.63, 3.8) is 0 Å². The summed E-state index contributed by atoms with van der Waals surface area (Å²) in [6, 6.07) is 9.90. The van der Waals surface area contributed by atoms with E-state index >= 15 is 0 Å². The highest BCUT2D eigenvalue weighted by Gasteiger charge is 2.29.